The number of hydrogen-bond acceptors (Lipinski definition) is 4. The van der Waals surface area contributed by atoms with E-state index in [1.807, 2.05) is 11.4 Å². The Morgan fingerprint density at radius 1 is 0.867 bits per heavy atom. The molecule has 4 heteroatoms. The summed E-state index contributed by atoms with van der Waals surface area (Å²) in [5.74, 6) is 0. The Labute approximate surface area is 86.9 Å². The Kier molecular flexibility index (Phi) is 1.48. The zero-order chi connectivity index (χ0) is 10.6. The van der Waals surface area contributed by atoms with Gasteiger partial charge in [-0.2, -0.15) is 0 Å². The van der Waals surface area contributed by atoms with E-state index < -0.39 is 16.3 Å². The highest BCUT2D eigenvalue weighted by Crippen LogP contribution is 2.23. The van der Waals surface area contributed by atoms with Gasteiger partial charge in [0.05, 0.1) is 0 Å². The van der Waals surface area contributed by atoms with Crippen LogP contribution in [0.2, 0.25) is 0 Å². The van der Waals surface area contributed by atoms with Gasteiger partial charge < -0.3 is 0 Å². The fourth-order valence-electron chi connectivity index (χ4n) is 1.73. The van der Waals surface area contributed by atoms with Crippen LogP contribution in [0.4, 0.5) is 0 Å². The van der Waals surface area contributed by atoms with E-state index in [0.717, 1.165) is 10.1 Å². The Morgan fingerprint density at radius 2 is 1.53 bits per heavy atom. The first-order chi connectivity index (χ1) is 7.18. The maximum Gasteiger partial charge on any atom is 0.273 e. The molecule has 2 aromatic carbocycles. The SMILES string of the molecule is O=c1c(=O)c2cc3ccsc3cc2c1=O. The summed E-state index contributed by atoms with van der Waals surface area (Å²) in [4.78, 5) is 34.0. The first-order valence-electron chi connectivity index (χ1n) is 4.33. The molecule has 1 heterocycles. The number of benzene rings is 1. The molecular weight excluding hydrogens is 212 g/mol. The van der Waals surface area contributed by atoms with Gasteiger partial charge in [0, 0.05) is 15.5 Å². The monoisotopic (exact) mass is 216 g/mol. The summed E-state index contributed by atoms with van der Waals surface area (Å²) in [5, 5.41) is 3.28. The van der Waals surface area contributed by atoms with Crippen molar-refractivity contribution in [2.24, 2.45) is 0 Å². The molecule has 3 nitrogen and oxygen atoms in total. The minimum absolute atomic E-state index is 0.246. The molecule has 0 atom stereocenters. The first kappa shape index (κ1) is 8.49. The van der Waals surface area contributed by atoms with Gasteiger partial charge in [-0.05, 0) is 29.0 Å². The maximum atomic E-state index is 11.4. The molecular formula is C11H4O3S. The lowest BCUT2D eigenvalue weighted by Crippen LogP contribution is -2.29. The van der Waals surface area contributed by atoms with Gasteiger partial charge in [-0.3, -0.25) is 14.4 Å². The minimum atomic E-state index is -0.914. The van der Waals surface area contributed by atoms with Crippen LogP contribution in [0.15, 0.2) is 38.0 Å². The fourth-order valence-corrected chi connectivity index (χ4v) is 2.54. The van der Waals surface area contributed by atoms with Gasteiger partial charge in [0.1, 0.15) is 0 Å². The Bertz CT molecular complexity index is 754. The summed E-state index contributed by atoms with van der Waals surface area (Å²) in [6, 6.07) is 5.10. The second kappa shape index (κ2) is 2.61. The molecule has 0 saturated heterocycles. The quantitative estimate of drug-likeness (QED) is 0.527. The van der Waals surface area contributed by atoms with Crippen molar-refractivity contribution in [1.82, 2.24) is 0 Å². The molecule has 0 radical (unpaired) electrons. The highest BCUT2D eigenvalue weighted by atomic mass is 32.1. The van der Waals surface area contributed by atoms with Gasteiger partial charge in [-0.25, -0.2) is 0 Å². The van der Waals surface area contributed by atoms with E-state index in [1.165, 1.54) is 11.3 Å². The van der Waals surface area contributed by atoms with Gasteiger partial charge in [-0.1, -0.05) is 0 Å². The number of rotatable bonds is 0. The molecule has 0 aliphatic rings. The van der Waals surface area contributed by atoms with Crippen molar-refractivity contribution in [2.75, 3.05) is 0 Å². The highest BCUT2D eigenvalue weighted by molar-refractivity contribution is 7.17. The lowest BCUT2D eigenvalue weighted by atomic mass is 10.2. The summed E-state index contributed by atoms with van der Waals surface area (Å²) >= 11 is 1.48. The van der Waals surface area contributed by atoms with Gasteiger partial charge in [0.2, 0.25) is 10.9 Å². The van der Waals surface area contributed by atoms with Crippen LogP contribution in [0, 0.1) is 0 Å². The zero-order valence-corrected chi connectivity index (χ0v) is 8.26. The van der Waals surface area contributed by atoms with Crippen molar-refractivity contribution in [3.8, 4) is 0 Å². The van der Waals surface area contributed by atoms with Crippen molar-refractivity contribution in [3.05, 3.63) is 54.2 Å². The Hall–Kier alpha value is -1.81. The Morgan fingerprint density at radius 3 is 2.27 bits per heavy atom. The average Bonchev–Trinajstić information content (AvgIpc) is 2.77. The highest BCUT2D eigenvalue weighted by Gasteiger charge is 2.13. The lowest BCUT2D eigenvalue weighted by Gasteiger charge is -1.88. The van der Waals surface area contributed by atoms with Crippen LogP contribution in [0.25, 0.3) is 20.9 Å². The van der Waals surface area contributed by atoms with Gasteiger partial charge in [-0.15, -0.1) is 11.3 Å². The van der Waals surface area contributed by atoms with E-state index in [2.05, 4.69) is 0 Å². The van der Waals surface area contributed by atoms with E-state index in [0.29, 0.717) is 0 Å². The number of fused-ring (bicyclic) bond motifs is 2. The molecule has 0 spiro atoms. The Balaban J connectivity index is 2.78. The molecule has 15 heavy (non-hydrogen) atoms. The van der Waals surface area contributed by atoms with Crippen LogP contribution >= 0.6 is 11.3 Å². The zero-order valence-electron chi connectivity index (χ0n) is 7.44. The molecule has 0 bridgehead atoms. The van der Waals surface area contributed by atoms with E-state index >= 15 is 0 Å². The standard InChI is InChI=1S/C11H4O3S/c12-9-6-3-5-1-2-15-8(5)4-7(6)10(13)11(9)14/h1-4H. The van der Waals surface area contributed by atoms with Crippen LogP contribution in [0.1, 0.15) is 0 Å². The number of thiophene rings is 1. The minimum Gasteiger partial charge on any atom is -0.285 e. The van der Waals surface area contributed by atoms with Crippen molar-refractivity contribution in [1.29, 1.82) is 0 Å². The second-order valence-corrected chi connectivity index (χ2v) is 4.29. The predicted octanol–water partition coefficient (Wildman–Crippen LogP) is 1.01. The third kappa shape index (κ3) is 0.966. The van der Waals surface area contributed by atoms with Crippen LogP contribution in [-0.4, -0.2) is 0 Å². The van der Waals surface area contributed by atoms with Crippen molar-refractivity contribution in [2.45, 2.75) is 0 Å². The molecule has 1 aromatic heterocycles. The summed E-state index contributed by atoms with van der Waals surface area (Å²) in [5.41, 5.74) is -2.27. The average molecular weight is 216 g/mol. The molecule has 0 saturated carbocycles. The van der Waals surface area contributed by atoms with Gasteiger partial charge in [0.25, 0.3) is 5.43 Å². The predicted molar refractivity (Wildman–Crippen MR) is 60.5 cm³/mol. The molecule has 3 rings (SSSR count). The van der Waals surface area contributed by atoms with Crippen LogP contribution in [-0.2, 0) is 0 Å². The topological polar surface area (TPSA) is 51.2 Å². The molecule has 0 aliphatic carbocycles. The second-order valence-electron chi connectivity index (χ2n) is 3.34. The van der Waals surface area contributed by atoms with E-state index in [-0.39, 0.29) is 10.8 Å². The summed E-state index contributed by atoms with van der Waals surface area (Å²) in [6.07, 6.45) is 0. The van der Waals surface area contributed by atoms with E-state index in [4.69, 9.17) is 0 Å². The third-order valence-electron chi connectivity index (χ3n) is 2.49. The summed E-state index contributed by atoms with van der Waals surface area (Å²) in [6.45, 7) is 0. The van der Waals surface area contributed by atoms with E-state index in [9.17, 15) is 14.4 Å². The normalized spacial score (nSPS) is 11.5. The third-order valence-corrected chi connectivity index (χ3v) is 3.37. The lowest BCUT2D eigenvalue weighted by molar-refractivity contribution is 1.56. The summed E-state index contributed by atoms with van der Waals surface area (Å²) < 4.78 is 0.921. The molecule has 0 fully saturated rings. The fraction of sp³-hybridized carbons (Fsp3) is 0. The molecule has 0 N–H and O–H groups in total. The maximum absolute atomic E-state index is 11.4. The van der Waals surface area contributed by atoms with Crippen LogP contribution < -0.4 is 16.3 Å². The van der Waals surface area contributed by atoms with Crippen LogP contribution in [0.3, 0.4) is 0 Å². The molecule has 0 amide bonds. The van der Waals surface area contributed by atoms with Gasteiger partial charge in [0.15, 0.2) is 0 Å². The number of hydrogen-bond donors (Lipinski definition) is 0. The molecule has 3 aromatic rings. The molecule has 0 unspecified atom stereocenters. The first-order valence-corrected chi connectivity index (χ1v) is 5.21. The molecule has 72 valence electrons. The van der Waals surface area contributed by atoms with Crippen molar-refractivity contribution >= 4 is 32.2 Å². The smallest absolute Gasteiger partial charge is 0.273 e. The molecule has 0 aliphatic heterocycles. The largest absolute Gasteiger partial charge is 0.285 e. The van der Waals surface area contributed by atoms with E-state index in [1.54, 1.807) is 12.1 Å². The van der Waals surface area contributed by atoms with Crippen molar-refractivity contribution < 1.29 is 0 Å². The van der Waals surface area contributed by atoms with Crippen LogP contribution in [0.5, 0.6) is 0 Å². The summed E-state index contributed by atoms with van der Waals surface area (Å²) in [7, 11) is 0. The van der Waals surface area contributed by atoms with Gasteiger partial charge >= 0.3 is 0 Å². The van der Waals surface area contributed by atoms with Crippen molar-refractivity contribution in [3.63, 3.8) is 0 Å².